The minimum atomic E-state index is -0.113. The molecule has 0 spiro atoms. The van der Waals surface area contributed by atoms with E-state index in [2.05, 4.69) is 29.1 Å². The van der Waals surface area contributed by atoms with E-state index in [1.165, 1.54) is 0 Å². The van der Waals surface area contributed by atoms with Gasteiger partial charge in [-0.2, -0.15) is 0 Å². The predicted molar refractivity (Wildman–Crippen MR) is 72.6 cm³/mol. The molecular formula is C14H23N3O. The zero-order valence-electron chi connectivity index (χ0n) is 11.8. The number of hydrogen-bond acceptors (Lipinski definition) is 3. The number of hydrogen-bond donors (Lipinski definition) is 1. The second-order valence-corrected chi connectivity index (χ2v) is 4.67. The number of carbonyl (C=O) groups excluding carboxylic acids is 1. The molecule has 0 atom stereocenters. The van der Waals surface area contributed by atoms with Crippen molar-refractivity contribution in [3.8, 4) is 0 Å². The van der Waals surface area contributed by atoms with Crippen molar-refractivity contribution in [2.24, 2.45) is 0 Å². The molecule has 4 nitrogen and oxygen atoms in total. The molecule has 0 saturated heterocycles. The lowest BCUT2D eigenvalue weighted by Gasteiger charge is -2.17. The number of nitrogens with one attached hydrogen (secondary N) is 1. The fourth-order valence-corrected chi connectivity index (χ4v) is 1.90. The van der Waals surface area contributed by atoms with Gasteiger partial charge >= 0.3 is 0 Å². The summed E-state index contributed by atoms with van der Waals surface area (Å²) in [6.07, 6.45) is 5.72. The number of aromatic nitrogens is 2. The summed E-state index contributed by atoms with van der Waals surface area (Å²) in [6.45, 7) is 8.02. The van der Waals surface area contributed by atoms with Gasteiger partial charge in [0, 0.05) is 6.04 Å². The van der Waals surface area contributed by atoms with Crippen LogP contribution in [0.2, 0.25) is 0 Å². The van der Waals surface area contributed by atoms with Crippen molar-refractivity contribution < 1.29 is 4.79 Å². The lowest BCUT2D eigenvalue weighted by Crippen LogP contribution is -2.35. The van der Waals surface area contributed by atoms with Crippen LogP contribution in [0, 0.1) is 13.8 Å². The maximum Gasteiger partial charge on any atom is 0.271 e. The van der Waals surface area contributed by atoms with Crippen LogP contribution in [0.5, 0.6) is 0 Å². The summed E-state index contributed by atoms with van der Waals surface area (Å²) in [6, 6.07) is 0.246. The normalized spacial score (nSPS) is 10.7. The predicted octanol–water partition coefficient (Wildman–Crippen LogP) is 2.79. The average Bonchev–Trinajstić information content (AvgIpc) is 2.33. The fourth-order valence-electron chi connectivity index (χ4n) is 1.90. The second-order valence-electron chi connectivity index (χ2n) is 4.67. The highest BCUT2D eigenvalue weighted by molar-refractivity contribution is 5.92. The smallest absolute Gasteiger partial charge is 0.271 e. The van der Waals surface area contributed by atoms with Crippen LogP contribution in [0.25, 0.3) is 0 Å². The van der Waals surface area contributed by atoms with Gasteiger partial charge in [0.2, 0.25) is 0 Å². The Kier molecular flexibility index (Phi) is 5.75. The molecule has 4 heteroatoms. The van der Waals surface area contributed by atoms with Gasteiger partial charge < -0.3 is 5.32 Å². The molecule has 0 aliphatic carbocycles. The first-order chi connectivity index (χ1) is 8.58. The summed E-state index contributed by atoms with van der Waals surface area (Å²) < 4.78 is 0. The quantitative estimate of drug-likeness (QED) is 0.843. The Morgan fingerprint density at radius 1 is 1.22 bits per heavy atom. The molecule has 0 radical (unpaired) electrons. The number of rotatable bonds is 6. The van der Waals surface area contributed by atoms with Crippen LogP contribution in [0.3, 0.4) is 0 Å². The first-order valence-corrected chi connectivity index (χ1v) is 6.69. The zero-order valence-corrected chi connectivity index (χ0v) is 11.8. The highest BCUT2D eigenvalue weighted by Crippen LogP contribution is 2.07. The molecule has 1 aromatic rings. The second kappa shape index (κ2) is 7.09. The van der Waals surface area contributed by atoms with E-state index in [1.54, 1.807) is 6.20 Å². The molecule has 0 aliphatic heterocycles. The molecule has 100 valence electrons. The van der Waals surface area contributed by atoms with Crippen LogP contribution in [-0.2, 0) is 0 Å². The number of carbonyl (C=O) groups is 1. The van der Waals surface area contributed by atoms with Crippen molar-refractivity contribution in [1.82, 2.24) is 15.3 Å². The van der Waals surface area contributed by atoms with Gasteiger partial charge in [-0.15, -0.1) is 0 Å². The van der Waals surface area contributed by atoms with E-state index in [9.17, 15) is 4.79 Å². The number of amides is 1. The van der Waals surface area contributed by atoms with Gasteiger partial charge in [0.15, 0.2) is 0 Å². The molecule has 0 aliphatic rings. The lowest BCUT2D eigenvalue weighted by molar-refractivity contribution is 0.0927. The van der Waals surface area contributed by atoms with E-state index in [1.807, 2.05) is 13.8 Å². The molecule has 0 saturated carbocycles. The maximum atomic E-state index is 12.1. The largest absolute Gasteiger partial charge is 0.348 e. The van der Waals surface area contributed by atoms with E-state index in [0.29, 0.717) is 5.69 Å². The van der Waals surface area contributed by atoms with Crippen molar-refractivity contribution in [1.29, 1.82) is 0 Å². The average molecular weight is 249 g/mol. The first kappa shape index (κ1) is 14.6. The minimum absolute atomic E-state index is 0.113. The van der Waals surface area contributed by atoms with Crippen LogP contribution in [0.4, 0.5) is 0 Å². The lowest BCUT2D eigenvalue weighted by atomic mass is 10.1. The highest BCUT2D eigenvalue weighted by Gasteiger charge is 2.14. The molecule has 1 aromatic heterocycles. The Hall–Kier alpha value is -1.45. The van der Waals surface area contributed by atoms with Gasteiger partial charge in [-0.1, -0.05) is 26.7 Å². The third-order valence-electron chi connectivity index (χ3n) is 3.03. The molecule has 0 aromatic carbocycles. The van der Waals surface area contributed by atoms with Crippen LogP contribution in [0.1, 0.15) is 61.4 Å². The van der Waals surface area contributed by atoms with Crippen LogP contribution in [-0.4, -0.2) is 21.9 Å². The number of nitrogens with zero attached hydrogens (tertiary/aromatic N) is 2. The fraction of sp³-hybridized carbons (Fsp3) is 0.643. The Morgan fingerprint density at radius 3 is 2.33 bits per heavy atom. The summed E-state index contributed by atoms with van der Waals surface area (Å²) in [4.78, 5) is 20.5. The van der Waals surface area contributed by atoms with Crippen molar-refractivity contribution in [2.75, 3.05) is 0 Å². The SMILES string of the molecule is CCCC(CCC)NC(=O)c1cnc(C)c(C)n1. The molecule has 1 rings (SSSR count). The van der Waals surface area contributed by atoms with Crippen molar-refractivity contribution >= 4 is 5.91 Å². The summed E-state index contributed by atoms with van der Waals surface area (Å²) in [5.74, 6) is -0.113. The Morgan fingerprint density at radius 2 is 1.83 bits per heavy atom. The Labute approximate surface area is 109 Å². The summed E-state index contributed by atoms with van der Waals surface area (Å²) in [5, 5.41) is 3.04. The zero-order chi connectivity index (χ0) is 13.5. The Bertz CT molecular complexity index is 398. The van der Waals surface area contributed by atoms with Crippen molar-refractivity contribution in [2.45, 2.75) is 59.4 Å². The van der Waals surface area contributed by atoms with E-state index >= 15 is 0 Å². The van der Waals surface area contributed by atoms with Gasteiger partial charge in [0.25, 0.3) is 5.91 Å². The van der Waals surface area contributed by atoms with Gasteiger partial charge in [0.05, 0.1) is 17.6 Å². The van der Waals surface area contributed by atoms with Gasteiger partial charge in [-0.25, -0.2) is 4.98 Å². The van der Waals surface area contributed by atoms with Crippen LogP contribution < -0.4 is 5.32 Å². The van der Waals surface area contributed by atoms with E-state index in [4.69, 9.17) is 0 Å². The Balaban J connectivity index is 2.70. The molecular weight excluding hydrogens is 226 g/mol. The first-order valence-electron chi connectivity index (χ1n) is 6.69. The number of aryl methyl sites for hydroxylation is 2. The third-order valence-corrected chi connectivity index (χ3v) is 3.03. The highest BCUT2D eigenvalue weighted by atomic mass is 16.1. The van der Waals surface area contributed by atoms with Gasteiger partial charge in [0.1, 0.15) is 5.69 Å². The van der Waals surface area contributed by atoms with Gasteiger partial charge in [-0.3, -0.25) is 9.78 Å². The van der Waals surface area contributed by atoms with E-state index in [0.717, 1.165) is 37.1 Å². The molecule has 0 unspecified atom stereocenters. The standard InChI is InChI=1S/C14H23N3O/c1-5-7-12(8-6-2)17-14(18)13-9-15-10(3)11(4)16-13/h9,12H,5-8H2,1-4H3,(H,17,18). The molecule has 18 heavy (non-hydrogen) atoms. The monoisotopic (exact) mass is 249 g/mol. The maximum absolute atomic E-state index is 12.1. The van der Waals surface area contributed by atoms with Crippen molar-refractivity contribution in [3.63, 3.8) is 0 Å². The van der Waals surface area contributed by atoms with Gasteiger partial charge in [-0.05, 0) is 26.7 Å². The molecule has 0 fully saturated rings. The molecule has 1 heterocycles. The topological polar surface area (TPSA) is 54.9 Å². The van der Waals surface area contributed by atoms with E-state index < -0.39 is 0 Å². The molecule has 0 bridgehead atoms. The molecule has 1 amide bonds. The summed E-state index contributed by atoms with van der Waals surface area (Å²) in [5.41, 5.74) is 2.09. The van der Waals surface area contributed by atoms with Crippen LogP contribution in [0.15, 0.2) is 6.20 Å². The van der Waals surface area contributed by atoms with Crippen LogP contribution >= 0.6 is 0 Å². The molecule has 1 N–H and O–H groups in total. The minimum Gasteiger partial charge on any atom is -0.348 e. The third kappa shape index (κ3) is 4.09. The van der Waals surface area contributed by atoms with E-state index in [-0.39, 0.29) is 11.9 Å². The summed E-state index contributed by atoms with van der Waals surface area (Å²) in [7, 11) is 0. The summed E-state index contributed by atoms with van der Waals surface area (Å²) >= 11 is 0. The van der Waals surface area contributed by atoms with Crippen molar-refractivity contribution in [3.05, 3.63) is 23.3 Å².